The van der Waals surface area contributed by atoms with E-state index in [0.717, 1.165) is 0 Å². The van der Waals surface area contributed by atoms with Gasteiger partial charge in [0.15, 0.2) is 0 Å². The van der Waals surface area contributed by atoms with E-state index in [1.807, 2.05) is 19.9 Å². The fourth-order valence-electron chi connectivity index (χ4n) is 0.891. The summed E-state index contributed by atoms with van der Waals surface area (Å²) in [5.74, 6) is -0.126. The van der Waals surface area contributed by atoms with Crippen LogP contribution in [0, 0.1) is 16.7 Å². The molecule has 0 unspecified atom stereocenters. The summed E-state index contributed by atoms with van der Waals surface area (Å²) >= 11 is 0. The predicted octanol–water partition coefficient (Wildman–Crippen LogP) is -0.376. The first-order chi connectivity index (χ1) is 7.02. The molecule has 15 heavy (non-hydrogen) atoms. The summed E-state index contributed by atoms with van der Waals surface area (Å²) in [7, 11) is 0. The van der Waals surface area contributed by atoms with Crippen molar-refractivity contribution in [1.82, 2.24) is 10.6 Å². The first kappa shape index (κ1) is 13.9. The number of nitrogens with one attached hydrogen (secondary N) is 2. The zero-order valence-corrected chi connectivity index (χ0v) is 9.34. The van der Waals surface area contributed by atoms with E-state index in [1.165, 1.54) is 0 Å². The molecule has 0 aliphatic heterocycles. The third-order valence-electron chi connectivity index (χ3n) is 1.88. The highest BCUT2D eigenvalue weighted by atomic mass is 16.3. The Hall–Kier alpha value is -1.12. The Labute approximate surface area is 90.5 Å². The van der Waals surface area contributed by atoms with Crippen molar-refractivity contribution in [2.75, 3.05) is 26.2 Å². The van der Waals surface area contributed by atoms with E-state index in [2.05, 4.69) is 10.6 Å². The molecular weight excluding hydrogens is 194 g/mol. The highest BCUT2D eigenvalue weighted by Gasteiger charge is 2.15. The predicted molar refractivity (Wildman–Crippen MR) is 57.0 cm³/mol. The van der Waals surface area contributed by atoms with Crippen LogP contribution >= 0.6 is 0 Å². The van der Waals surface area contributed by atoms with Gasteiger partial charge in [0.25, 0.3) is 0 Å². The van der Waals surface area contributed by atoms with Crippen LogP contribution in [0.2, 0.25) is 0 Å². The highest BCUT2D eigenvalue weighted by Crippen LogP contribution is 2.10. The number of hydrogen-bond donors (Lipinski definition) is 3. The minimum Gasteiger partial charge on any atom is -0.396 e. The molecule has 0 aromatic carbocycles. The van der Waals surface area contributed by atoms with Gasteiger partial charge in [-0.3, -0.25) is 4.79 Å². The smallest absolute Gasteiger partial charge is 0.233 e. The summed E-state index contributed by atoms with van der Waals surface area (Å²) < 4.78 is 0. The van der Waals surface area contributed by atoms with Gasteiger partial charge >= 0.3 is 0 Å². The lowest BCUT2D eigenvalue weighted by Gasteiger charge is -2.21. The van der Waals surface area contributed by atoms with Crippen molar-refractivity contribution in [3.05, 3.63) is 0 Å². The zero-order chi connectivity index (χ0) is 11.7. The number of rotatable bonds is 7. The van der Waals surface area contributed by atoms with Crippen LogP contribution in [0.5, 0.6) is 0 Å². The molecule has 5 heteroatoms. The second kappa shape index (κ2) is 7.21. The van der Waals surface area contributed by atoms with Crippen LogP contribution in [0.3, 0.4) is 0 Å². The lowest BCUT2D eigenvalue weighted by molar-refractivity contribution is -0.120. The van der Waals surface area contributed by atoms with E-state index in [4.69, 9.17) is 10.4 Å². The number of nitrogens with zero attached hydrogens (tertiary/aromatic N) is 1. The van der Waals surface area contributed by atoms with Gasteiger partial charge in [0.2, 0.25) is 5.91 Å². The van der Waals surface area contributed by atoms with Crippen molar-refractivity contribution in [3.8, 4) is 6.07 Å². The Morgan fingerprint density at radius 2 is 2.20 bits per heavy atom. The van der Waals surface area contributed by atoms with Crippen molar-refractivity contribution in [1.29, 1.82) is 5.26 Å². The quantitative estimate of drug-likeness (QED) is 0.503. The summed E-state index contributed by atoms with van der Waals surface area (Å²) in [6, 6.07) is 1.94. The Morgan fingerprint density at radius 3 is 2.73 bits per heavy atom. The normalized spacial score (nSPS) is 10.8. The standard InChI is InChI=1S/C10H19N3O2/c1-10(2,8-14)7-12-6-9(15)13-5-3-4-11/h12,14H,3,5-8H2,1-2H3,(H,13,15). The summed E-state index contributed by atoms with van der Waals surface area (Å²) in [5.41, 5.74) is -0.215. The molecule has 0 aliphatic carbocycles. The summed E-state index contributed by atoms with van der Waals surface area (Å²) in [6.07, 6.45) is 0.327. The first-order valence-corrected chi connectivity index (χ1v) is 4.97. The average molecular weight is 213 g/mol. The van der Waals surface area contributed by atoms with E-state index < -0.39 is 0 Å². The lowest BCUT2D eigenvalue weighted by Crippen LogP contribution is -2.39. The van der Waals surface area contributed by atoms with Gasteiger partial charge in [-0.1, -0.05) is 13.8 Å². The number of carbonyl (C=O) groups is 1. The lowest BCUT2D eigenvalue weighted by atomic mass is 9.95. The van der Waals surface area contributed by atoms with Gasteiger partial charge in [0, 0.05) is 25.1 Å². The monoisotopic (exact) mass is 213 g/mol. The molecule has 0 bridgehead atoms. The number of nitriles is 1. The fourth-order valence-corrected chi connectivity index (χ4v) is 0.891. The Balaban J connectivity index is 3.52. The molecule has 0 atom stereocenters. The molecule has 3 N–H and O–H groups in total. The van der Waals surface area contributed by atoms with Gasteiger partial charge in [-0.25, -0.2) is 0 Å². The van der Waals surface area contributed by atoms with Gasteiger partial charge in [-0.05, 0) is 0 Å². The van der Waals surface area contributed by atoms with Crippen LogP contribution in [0.4, 0.5) is 0 Å². The van der Waals surface area contributed by atoms with E-state index >= 15 is 0 Å². The molecular formula is C10H19N3O2. The van der Waals surface area contributed by atoms with E-state index in [0.29, 0.717) is 19.5 Å². The second-order valence-electron chi connectivity index (χ2n) is 4.18. The molecule has 86 valence electrons. The maximum Gasteiger partial charge on any atom is 0.233 e. The van der Waals surface area contributed by atoms with Gasteiger partial charge in [-0.15, -0.1) is 0 Å². The molecule has 0 rings (SSSR count). The first-order valence-electron chi connectivity index (χ1n) is 4.97. The van der Waals surface area contributed by atoms with E-state index in [1.54, 1.807) is 0 Å². The third-order valence-corrected chi connectivity index (χ3v) is 1.88. The molecule has 0 aromatic rings. The minimum absolute atomic E-state index is 0.0794. The summed E-state index contributed by atoms with van der Waals surface area (Å²) in [5, 5.41) is 22.8. The molecule has 0 saturated carbocycles. The average Bonchev–Trinajstić information content (AvgIpc) is 2.18. The van der Waals surface area contributed by atoms with Crippen molar-refractivity contribution in [2.24, 2.45) is 5.41 Å². The molecule has 0 saturated heterocycles. The van der Waals surface area contributed by atoms with Crippen LogP contribution in [-0.2, 0) is 4.79 Å². The van der Waals surface area contributed by atoms with E-state index in [-0.39, 0.29) is 24.5 Å². The summed E-state index contributed by atoms with van der Waals surface area (Å²) in [6.45, 7) is 5.08. The molecule has 0 aromatic heterocycles. The number of aliphatic hydroxyl groups is 1. The van der Waals surface area contributed by atoms with Gasteiger partial charge in [0.1, 0.15) is 0 Å². The fraction of sp³-hybridized carbons (Fsp3) is 0.800. The number of carbonyl (C=O) groups excluding carboxylic acids is 1. The van der Waals surface area contributed by atoms with Crippen molar-refractivity contribution < 1.29 is 9.90 Å². The van der Waals surface area contributed by atoms with Crippen LogP contribution in [-0.4, -0.2) is 37.3 Å². The largest absolute Gasteiger partial charge is 0.396 e. The van der Waals surface area contributed by atoms with Crippen LogP contribution in [0.25, 0.3) is 0 Å². The van der Waals surface area contributed by atoms with E-state index in [9.17, 15) is 4.79 Å². The third kappa shape index (κ3) is 7.91. The number of aliphatic hydroxyl groups excluding tert-OH is 1. The van der Waals surface area contributed by atoms with Crippen LogP contribution < -0.4 is 10.6 Å². The highest BCUT2D eigenvalue weighted by molar-refractivity contribution is 5.77. The second-order valence-corrected chi connectivity index (χ2v) is 4.18. The SMILES string of the molecule is CC(C)(CO)CNCC(=O)NCCC#N. The molecule has 0 radical (unpaired) electrons. The van der Waals surface area contributed by atoms with Gasteiger partial charge < -0.3 is 15.7 Å². The Kier molecular flexibility index (Phi) is 6.67. The summed E-state index contributed by atoms with van der Waals surface area (Å²) in [4.78, 5) is 11.1. The maximum atomic E-state index is 11.1. The topological polar surface area (TPSA) is 85.2 Å². The van der Waals surface area contributed by atoms with Crippen LogP contribution in [0.15, 0.2) is 0 Å². The van der Waals surface area contributed by atoms with Gasteiger partial charge in [-0.2, -0.15) is 5.26 Å². The molecule has 0 fully saturated rings. The molecule has 0 heterocycles. The molecule has 5 nitrogen and oxygen atoms in total. The Morgan fingerprint density at radius 1 is 1.53 bits per heavy atom. The Bertz CT molecular complexity index is 233. The van der Waals surface area contributed by atoms with Crippen LogP contribution in [0.1, 0.15) is 20.3 Å². The van der Waals surface area contributed by atoms with Gasteiger partial charge in [0.05, 0.1) is 19.0 Å². The molecule has 1 amide bonds. The van der Waals surface area contributed by atoms with Crippen molar-refractivity contribution in [3.63, 3.8) is 0 Å². The molecule has 0 aliphatic rings. The minimum atomic E-state index is -0.215. The number of hydrogen-bond acceptors (Lipinski definition) is 4. The number of amides is 1. The van der Waals surface area contributed by atoms with Crippen molar-refractivity contribution in [2.45, 2.75) is 20.3 Å². The maximum absolute atomic E-state index is 11.1. The molecule has 0 spiro atoms. The van der Waals surface area contributed by atoms with Crippen molar-refractivity contribution >= 4 is 5.91 Å². The zero-order valence-electron chi connectivity index (χ0n) is 9.34.